The molecule has 0 atom stereocenters. The standard InChI is InChI=1S/C15H23FN4O/c1-19(8-9-20-6-2-3-7-20)11-12-4-5-13(16)10-14(12)15(17)18-21/h4-5,10,21H,2-3,6-9,11H2,1H3,(H2,17,18). The van der Waals surface area contributed by atoms with Crippen LogP contribution in [0.5, 0.6) is 0 Å². The maximum absolute atomic E-state index is 13.3. The van der Waals surface area contributed by atoms with Gasteiger partial charge in [-0.3, -0.25) is 0 Å². The van der Waals surface area contributed by atoms with Crippen LogP contribution in [0.4, 0.5) is 4.39 Å². The van der Waals surface area contributed by atoms with Gasteiger partial charge >= 0.3 is 0 Å². The zero-order chi connectivity index (χ0) is 15.2. The molecule has 0 radical (unpaired) electrons. The van der Waals surface area contributed by atoms with E-state index in [-0.39, 0.29) is 11.7 Å². The quantitative estimate of drug-likeness (QED) is 0.361. The molecule has 1 aromatic rings. The second kappa shape index (κ2) is 7.38. The van der Waals surface area contributed by atoms with Crippen molar-refractivity contribution in [2.45, 2.75) is 19.4 Å². The number of benzene rings is 1. The first-order chi connectivity index (χ1) is 10.1. The average molecular weight is 294 g/mol. The Morgan fingerprint density at radius 1 is 1.43 bits per heavy atom. The molecule has 0 unspecified atom stereocenters. The van der Waals surface area contributed by atoms with Gasteiger partial charge in [0.15, 0.2) is 5.84 Å². The van der Waals surface area contributed by atoms with Gasteiger partial charge in [0.05, 0.1) is 0 Å². The first-order valence-electron chi connectivity index (χ1n) is 7.27. The molecule has 1 aliphatic heterocycles. The molecule has 3 N–H and O–H groups in total. The number of amidine groups is 1. The maximum Gasteiger partial charge on any atom is 0.170 e. The van der Waals surface area contributed by atoms with Gasteiger partial charge in [-0.05, 0) is 50.7 Å². The molecule has 0 aliphatic carbocycles. The maximum atomic E-state index is 13.3. The fraction of sp³-hybridized carbons (Fsp3) is 0.533. The van der Waals surface area contributed by atoms with E-state index in [9.17, 15) is 4.39 Å². The lowest BCUT2D eigenvalue weighted by Crippen LogP contribution is -2.31. The molecule has 0 saturated carbocycles. The van der Waals surface area contributed by atoms with Gasteiger partial charge in [-0.1, -0.05) is 11.2 Å². The summed E-state index contributed by atoms with van der Waals surface area (Å²) < 4.78 is 13.3. The zero-order valence-electron chi connectivity index (χ0n) is 12.4. The summed E-state index contributed by atoms with van der Waals surface area (Å²) in [7, 11) is 2.02. The van der Waals surface area contributed by atoms with Gasteiger partial charge in [-0.2, -0.15) is 0 Å². The number of likely N-dealkylation sites (N-methyl/N-ethyl adjacent to an activating group) is 1. The summed E-state index contributed by atoms with van der Waals surface area (Å²) in [5.41, 5.74) is 6.93. The van der Waals surface area contributed by atoms with E-state index >= 15 is 0 Å². The minimum absolute atomic E-state index is 0.0579. The van der Waals surface area contributed by atoms with Crippen molar-refractivity contribution in [1.82, 2.24) is 9.80 Å². The van der Waals surface area contributed by atoms with Gasteiger partial charge in [0.2, 0.25) is 0 Å². The van der Waals surface area contributed by atoms with Gasteiger partial charge < -0.3 is 20.7 Å². The van der Waals surface area contributed by atoms with E-state index < -0.39 is 0 Å². The molecule has 21 heavy (non-hydrogen) atoms. The van der Waals surface area contributed by atoms with E-state index in [0.29, 0.717) is 12.1 Å². The molecule has 1 heterocycles. The summed E-state index contributed by atoms with van der Waals surface area (Å²) >= 11 is 0. The normalized spacial score (nSPS) is 16.8. The molecule has 1 saturated heterocycles. The molecule has 2 rings (SSSR count). The van der Waals surface area contributed by atoms with Crippen LogP contribution in [0.1, 0.15) is 24.0 Å². The van der Waals surface area contributed by atoms with Crippen LogP contribution in [-0.2, 0) is 6.54 Å². The second-order valence-corrected chi connectivity index (χ2v) is 5.57. The number of rotatable bonds is 6. The van der Waals surface area contributed by atoms with Gasteiger partial charge in [0.1, 0.15) is 5.82 Å². The molecule has 116 valence electrons. The SMILES string of the molecule is CN(CCN1CCCC1)Cc1ccc(F)cc1C(N)=NO. The third kappa shape index (κ3) is 4.41. The molecule has 6 heteroatoms. The molecule has 1 aromatic carbocycles. The third-order valence-electron chi connectivity index (χ3n) is 3.89. The first-order valence-corrected chi connectivity index (χ1v) is 7.27. The van der Waals surface area contributed by atoms with E-state index in [0.717, 1.165) is 18.7 Å². The van der Waals surface area contributed by atoms with Crippen LogP contribution in [0.3, 0.4) is 0 Å². The highest BCUT2D eigenvalue weighted by Gasteiger charge is 2.14. The summed E-state index contributed by atoms with van der Waals surface area (Å²) in [6, 6.07) is 4.39. The lowest BCUT2D eigenvalue weighted by molar-refractivity contribution is 0.252. The summed E-state index contributed by atoms with van der Waals surface area (Å²) in [6.45, 7) is 4.97. The third-order valence-corrected chi connectivity index (χ3v) is 3.89. The zero-order valence-corrected chi connectivity index (χ0v) is 12.4. The Balaban J connectivity index is 1.97. The Hall–Kier alpha value is -1.66. The summed E-state index contributed by atoms with van der Waals surface area (Å²) in [5, 5.41) is 11.8. The van der Waals surface area contributed by atoms with Crippen LogP contribution in [-0.4, -0.2) is 54.1 Å². The summed E-state index contributed by atoms with van der Waals surface area (Å²) in [4.78, 5) is 4.62. The molecule has 0 spiro atoms. The lowest BCUT2D eigenvalue weighted by atomic mass is 10.1. The Labute approximate surface area is 124 Å². The Bertz CT molecular complexity index is 500. The molecular weight excluding hydrogens is 271 g/mol. The van der Waals surface area contributed by atoms with Crippen molar-refractivity contribution in [3.63, 3.8) is 0 Å². The number of nitrogens with two attached hydrogens (primary N) is 1. The fourth-order valence-corrected chi connectivity index (χ4v) is 2.67. The highest BCUT2D eigenvalue weighted by molar-refractivity contribution is 5.98. The van der Waals surface area contributed by atoms with Crippen LogP contribution in [0.2, 0.25) is 0 Å². The minimum atomic E-state index is -0.389. The highest BCUT2D eigenvalue weighted by atomic mass is 19.1. The van der Waals surface area contributed by atoms with Crippen LogP contribution in [0, 0.1) is 5.82 Å². The topological polar surface area (TPSA) is 65.1 Å². The average Bonchev–Trinajstić information content (AvgIpc) is 2.99. The molecule has 1 aliphatic rings. The summed E-state index contributed by atoms with van der Waals surface area (Å²) in [5.74, 6) is -0.447. The number of hydrogen-bond acceptors (Lipinski definition) is 4. The van der Waals surface area contributed by atoms with Crippen molar-refractivity contribution >= 4 is 5.84 Å². The molecule has 0 amide bonds. The molecule has 0 aromatic heterocycles. The number of hydrogen-bond donors (Lipinski definition) is 2. The van der Waals surface area contributed by atoms with Crippen LogP contribution >= 0.6 is 0 Å². The van der Waals surface area contributed by atoms with Crippen molar-refractivity contribution in [3.05, 3.63) is 35.1 Å². The minimum Gasteiger partial charge on any atom is -0.409 e. The first kappa shape index (κ1) is 15.7. The molecule has 1 fully saturated rings. The van der Waals surface area contributed by atoms with Crippen molar-refractivity contribution in [1.29, 1.82) is 0 Å². The summed E-state index contributed by atoms with van der Waals surface area (Å²) in [6.07, 6.45) is 2.57. The van der Waals surface area contributed by atoms with Crippen molar-refractivity contribution in [3.8, 4) is 0 Å². The largest absolute Gasteiger partial charge is 0.409 e. The fourth-order valence-electron chi connectivity index (χ4n) is 2.67. The van der Waals surface area contributed by atoms with E-state index in [2.05, 4.69) is 15.0 Å². The van der Waals surface area contributed by atoms with E-state index in [1.807, 2.05) is 7.05 Å². The van der Waals surface area contributed by atoms with Gasteiger partial charge in [0.25, 0.3) is 0 Å². The number of likely N-dealkylation sites (tertiary alicyclic amines) is 1. The Morgan fingerprint density at radius 3 is 2.81 bits per heavy atom. The van der Waals surface area contributed by atoms with E-state index in [1.165, 1.54) is 38.1 Å². The molecule has 0 bridgehead atoms. The van der Waals surface area contributed by atoms with Gasteiger partial charge in [-0.15, -0.1) is 0 Å². The lowest BCUT2D eigenvalue weighted by Gasteiger charge is -2.22. The van der Waals surface area contributed by atoms with E-state index in [1.54, 1.807) is 6.07 Å². The van der Waals surface area contributed by atoms with Crippen LogP contribution < -0.4 is 5.73 Å². The van der Waals surface area contributed by atoms with Gasteiger partial charge in [0, 0.05) is 25.2 Å². The monoisotopic (exact) mass is 294 g/mol. The Kier molecular flexibility index (Phi) is 5.52. The predicted molar refractivity (Wildman–Crippen MR) is 80.9 cm³/mol. The Morgan fingerprint density at radius 2 is 2.14 bits per heavy atom. The molecular formula is C15H23FN4O. The second-order valence-electron chi connectivity index (χ2n) is 5.57. The van der Waals surface area contributed by atoms with E-state index in [4.69, 9.17) is 10.9 Å². The van der Waals surface area contributed by atoms with Crippen molar-refractivity contribution < 1.29 is 9.60 Å². The number of oxime groups is 1. The smallest absolute Gasteiger partial charge is 0.170 e. The van der Waals surface area contributed by atoms with Crippen molar-refractivity contribution in [2.75, 3.05) is 33.2 Å². The molecule has 5 nitrogen and oxygen atoms in total. The van der Waals surface area contributed by atoms with Crippen LogP contribution in [0.25, 0.3) is 0 Å². The predicted octanol–water partition coefficient (Wildman–Crippen LogP) is 1.45. The van der Waals surface area contributed by atoms with Crippen LogP contribution in [0.15, 0.2) is 23.4 Å². The van der Waals surface area contributed by atoms with Crippen molar-refractivity contribution in [2.24, 2.45) is 10.9 Å². The number of halogens is 1. The van der Waals surface area contributed by atoms with Gasteiger partial charge in [-0.25, -0.2) is 4.39 Å². The number of nitrogens with zero attached hydrogens (tertiary/aromatic N) is 3. The highest BCUT2D eigenvalue weighted by Crippen LogP contribution is 2.14.